The number of benzene rings is 3. The third kappa shape index (κ3) is 5.02. The van der Waals surface area contributed by atoms with E-state index in [1.807, 2.05) is 24.3 Å². The van der Waals surface area contributed by atoms with Crippen LogP contribution in [-0.2, 0) is 17.8 Å². The van der Waals surface area contributed by atoms with Gasteiger partial charge in [0.25, 0.3) is 5.91 Å². The van der Waals surface area contributed by atoms with Crippen molar-refractivity contribution in [3.05, 3.63) is 89.5 Å². The van der Waals surface area contributed by atoms with Crippen LogP contribution in [0.15, 0.2) is 72.8 Å². The summed E-state index contributed by atoms with van der Waals surface area (Å²) in [6.45, 7) is 1.71. The van der Waals surface area contributed by atoms with E-state index in [0.717, 1.165) is 25.1 Å². The molecule has 0 spiro atoms. The molecule has 3 aromatic carbocycles. The Hall–Kier alpha value is -2.95. The molecule has 3 N–H and O–H groups in total. The third-order valence-corrected chi connectivity index (χ3v) is 4.25. The molecule has 0 fully saturated rings. The van der Waals surface area contributed by atoms with Crippen LogP contribution in [0.3, 0.4) is 0 Å². The van der Waals surface area contributed by atoms with Crippen LogP contribution in [0.1, 0.15) is 16.7 Å². The van der Waals surface area contributed by atoms with Crippen molar-refractivity contribution in [3.8, 4) is 0 Å². The smallest absolute Gasteiger partial charge is 0.267 e. The average Bonchev–Trinajstić information content (AvgIpc) is 2.70. The number of rotatable bonds is 7. The van der Waals surface area contributed by atoms with E-state index in [9.17, 15) is 4.79 Å². The average molecular weight is 346 g/mol. The van der Waals surface area contributed by atoms with Crippen molar-refractivity contribution in [1.82, 2.24) is 10.8 Å². The maximum Gasteiger partial charge on any atom is 0.267 e. The fourth-order valence-corrected chi connectivity index (χ4v) is 2.82. The first kappa shape index (κ1) is 17.9. The van der Waals surface area contributed by atoms with Gasteiger partial charge in [-0.25, -0.2) is 5.48 Å². The second-order valence-electron chi connectivity index (χ2n) is 6.16. The van der Waals surface area contributed by atoms with E-state index in [2.05, 4.69) is 47.8 Å². The molecule has 0 unspecified atom stereocenters. The molecule has 0 aromatic heterocycles. The van der Waals surface area contributed by atoms with E-state index < -0.39 is 5.91 Å². The summed E-state index contributed by atoms with van der Waals surface area (Å²) in [5.41, 5.74) is 5.00. The number of nitrogens with one attached hydrogen (secondary N) is 2. The molecule has 132 valence electrons. The van der Waals surface area contributed by atoms with Crippen LogP contribution < -0.4 is 10.8 Å². The van der Waals surface area contributed by atoms with Gasteiger partial charge in [0.1, 0.15) is 0 Å². The summed E-state index contributed by atoms with van der Waals surface area (Å²) < 4.78 is 0. The normalized spacial score (nSPS) is 11.1. The zero-order valence-electron chi connectivity index (χ0n) is 14.5. The monoisotopic (exact) mass is 346 g/mol. The van der Waals surface area contributed by atoms with Crippen molar-refractivity contribution in [1.29, 1.82) is 0 Å². The third-order valence-electron chi connectivity index (χ3n) is 4.25. The van der Waals surface area contributed by atoms with Gasteiger partial charge in [0.2, 0.25) is 0 Å². The highest BCUT2D eigenvalue weighted by Crippen LogP contribution is 2.15. The Morgan fingerprint density at radius 2 is 1.65 bits per heavy atom. The Morgan fingerprint density at radius 1 is 0.923 bits per heavy atom. The van der Waals surface area contributed by atoms with E-state index in [1.165, 1.54) is 28.0 Å². The molecule has 0 heterocycles. The van der Waals surface area contributed by atoms with Gasteiger partial charge >= 0.3 is 0 Å². The molecule has 0 aliphatic carbocycles. The Balaban J connectivity index is 1.47. The van der Waals surface area contributed by atoms with Gasteiger partial charge in [0.15, 0.2) is 0 Å². The van der Waals surface area contributed by atoms with Crippen molar-refractivity contribution in [2.45, 2.75) is 13.0 Å². The summed E-state index contributed by atoms with van der Waals surface area (Å²) >= 11 is 0. The van der Waals surface area contributed by atoms with Crippen molar-refractivity contribution in [2.24, 2.45) is 0 Å². The fourth-order valence-electron chi connectivity index (χ4n) is 2.82. The summed E-state index contributed by atoms with van der Waals surface area (Å²) in [4.78, 5) is 11.0. The van der Waals surface area contributed by atoms with Gasteiger partial charge in [-0.1, -0.05) is 66.7 Å². The summed E-state index contributed by atoms with van der Waals surface area (Å²) in [7, 11) is 0. The molecule has 3 rings (SSSR count). The van der Waals surface area contributed by atoms with Crippen molar-refractivity contribution in [2.75, 3.05) is 6.54 Å². The molecule has 1 amide bonds. The van der Waals surface area contributed by atoms with Gasteiger partial charge in [-0.05, 0) is 46.5 Å². The minimum atomic E-state index is -0.538. The number of carbonyl (C=O) groups is 1. The molecule has 0 atom stereocenters. The first-order chi connectivity index (χ1) is 12.7. The van der Waals surface area contributed by atoms with Crippen LogP contribution in [0, 0.1) is 0 Å². The predicted molar refractivity (Wildman–Crippen MR) is 105 cm³/mol. The van der Waals surface area contributed by atoms with E-state index in [0.29, 0.717) is 0 Å². The van der Waals surface area contributed by atoms with Crippen LogP contribution in [-0.4, -0.2) is 17.7 Å². The maximum absolute atomic E-state index is 11.0. The number of fused-ring (bicyclic) bond motifs is 1. The van der Waals surface area contributed by atoms with E-state index in [4.69, 9.17) is 5.21 Å². The van der Waals surface area contributed by atoms with E-state index >= 15 is 0 Å². The highest BCUT2D eigenvalue weighted by atomic mass is 16.5. The minimum Gasteiger partial charge on any atom is -0.312 e. The summed E-state index contributed by atoms with van der Waals surface area (Å²) in [5, 5.41) is 14.5. The molecule has 3 aromatic rings. The lowest BCUT2D eigenvalue weighted by Crippen LogP contribution is -2.16. The molecule has 4 nitrogen and oxygen atoms in total. The molecule has 0 aliphatic heterocycles. The molecule has 0 bridgehead atoms. The lowest BCUT2D eigenvalue weighted by molar-refractivity contribution is -0.124. The van der Waals surface area contributed by atoms with Gasteiger partial charge in [-0.2, -0.15) is 0 Å². The van der Waals surface area contributed by atoms with E-state index in [-0.39, 0.29) is 0 Å². The zero-order valence-corrected chi connectivity index (χ0v) is 14.5. The number of hydroxylamine groups is 1. The fraction of sp³-hybridized carbons (Fsp3) is 0.136. The van der Waals surface area contributed by atoms with Crippen LogP contribution in [0.5, 0.6) is 0 Å². The first-order valence-corrected chi connectivity index (χ1v) is 8.64. The van der Waals surface area contributed by atoms with Gasteiger partial charge in [0.05, 0.1) is 0 Å². The zero-order chi connectivity index (χ0) is 18.2. The second-order valence-corrected chi connectivity index (χ2v) is 6.16. The quantitative estimate of drug-likeness (QED) is 0.265. The maximum atomic E-state index is 11.0. The summed E-state index contributed by atoms with van der Waals surface area (Å²) in [6, 6.07) is 23.0. The standard InChI is InChI=1S/C22H22N2O2/c25-22(24-26)12-10-17-5-7-19(8-6-17)16-23-14-13-18-9-11-20-3-1-2-4-21(20)15-18/h1-12,15,23,26H,13-14,16H2,(H,24,25). The summed E-state index contributed by atoms with van der Waals surface area (Å²) in [5.74, 6) is -0.538. The van der Waals surface area contributed by atoms with Crippen molar-refractivity contribution in [3.63, 3.8) is 0 Å². The van der Waals surface area contributed by atoms with Crippen molar-refractivity contribution < 1.29 is 10.0 Å². The largest absolute Gasteiger partial charge is 0.312 e. The highest BCUT2D eigenvalue weighted by Gasteiger charge is 1.98. The lowest BCUT2D eigenvalue weighted by atomic mass is 10.1. The van der Waals surface area contributed by atoms with Crippen molar-refractivity contribution >= 4 is 22.8 Å². The Morgan fingerprint density at radius 3 is 2.42 bits per heavy atom. The first-order valence-electron chi connectivity index (χ1n) is 8.64. The van der Waals surface area contributed by atoms with E-state index in [1.54, 1.807) is 11.6 Å². The van der Waals surface area contributed by atoms with Crippen LogP contribution >= 0.6 is 0 Å². The number of carbonyl (C=O) groups excluding carboxylic acids is 1. The predicted octanol–water partition coefficient (Wildman–Crippen LogP) is 3.69. The van der Waals surface area contributed by atoms with Crippen LogP contribution in [0.4, 0.5) is 0 Å². The Kier molecular flexibility index (Phi) is 6.14. The van der Waals surface area contributed by atoms with Crippen LogP contribution in [0.2, 0.25) is 0 Å². The topological polar surface area (TPSA) is 61.4 Å². The lowest BCUT2D eigenvalue weighted by Gasteiger charge is -2.07. The molecule has 0 saturated carbocycles. The highest BCUT2D eigenvalue weighted by molar-refractivity contribution is 5.90. The molecule has 4 heteroatoms. The molecular weight excluding hydrogens is 324 g/mol. The van der Waals surface area contributed by atoms with Gasteiger partial charge < -0.3 is 5.32 Å². The second kappa shape index (κ2) is 8.94. The molecule has 0 aliphatic rings. The minimum absolute atomic E-state index is 0.538. The van der Waals surface area contributed by atoms with Gasteiger partial charge in [-0.3, -0.25) is 10.0 Å². The molecule has 0 saturated heterocycles. The molecule has 0 radical (unpaired) electrons. The molecule has 26 heavy (non-hydrogen) atoms. The Labute approximate surface area is 153 Å². The van der Waals surface area contributed by atoms with Gasteiger partial charge in [0, 0.05) is 12.6 Å². The Bertz CT molecular complexity index is 901. The number of hydrogen-bond donors (Lipinski definition) is 3. The van der Waals surface area contributed by atoms with Gasteiger partial charge in [-0.15, -0.1) is 0 Å². The molecular formula is C22H22N2O2. The summed E-state index contributed by atoms with van der Waals surface area (Å²) in [6.07, 6.45) is 3.93. The van der Waals surface area contributed by atoms with Crippen LogP contribution in [0.25, 0.3) is 16.8 Å². The number of amides is 1. The SMILES string of the molecule is O=C(C=Cc1ccc(CNCCc2ccc3ccccc3c2)cc1)NO. The number of hydrogen-bond acceptors (Lipinski definition) is 3.